The lowest BCUT2D eigenvalue weighted by Crippen LogP contribution is -2.57. The monoisotopic (exact) mass is 516 g/mol. The molecule has 8 nitrogen and oxygen atoms in total. The van der Waals surface area contributed by atoms with Gasteiger partial charge in [0.1, 0.15) is 11.6 Å². The third-order valence-corrected chi connectivity index (χ3v) is 10.9. The Morgan fingerprint density at radius 1 is 1.14 bits per heavy atom. The number of allylic oxidation sites excluding steroid dienone is 2. The van der Waals surface area contributed by atoms with Crippen molar-refractivity contribution in [2.45, 2.75) is 104 Å². The van der Waals surface area contributed by atoms with Gasteiger partial charge in [-0.05, 0) is 93.5 Å². The number of oxime groups is 1. The minimum absolute atomic E-state index is 0.0720. The van der Waals surface area contributed by atoms with Crippen LogP contribution < -0.4 is 5.32 Å². The van der Waals surface area contributed by atoms with Crippen LogP contribution in [0, 0.1) is 34.5 Å². The zero-order valence-corrected chi connectivity index (χ0v) is 23.0. The number of hydrogen-bond acceptors (Lipinski definition) is 6. The van der Waals surface area contributed by atoms with Crippen LogP contribution in [0.2, 0.25) is 0 Å². The molecule has 8 atom stereocenters. The molecule has 0 aromatic carbocycles. The number of rotatable bonds is 8. The second-order valence-electron chi connectivity index (χ2n) is 12.5. The van der Waals surface area contributed by atoms with E-state index in [0.717, 1.165) is 50.7 Å². The van der Waals surface area contributed by atoms with Gasteiger partial charge in [0.2, 0.25) is 0 Å². The number of fused-ring (bicyclic) bond motifs is 5. The molecule has 0 aromatic rings. The predicted molar refractivity (Wildman–Crippen MR) is 140 cm³/mol. The molecule has 206 valence electrons. The van der Waals surface area contributed by atoms with Crippen LogP contribution in [0.15, 0.2) is 16.8 Å². The fraction of sp³-hybridized carbons (Fsp3) is 0.793. The van der Waals surface area contributed by atoms with Gasteiger partial charge in [0.25, 0.3) is 5.91 Å². The average molecular weight is 517 g/mol. The topological polar surface area (TPSA) is 125 Å². The van der Waals surface area contributed by atoms with Crippen molar-refractivity contribution in [3.63, 3.8) is 0 Å². The molecule has 4 aliphatic rings. The number of ketones is 1. The smallest absolute Gasteiger partial charge is 0.326 e. The molecule has 4 rings (SSSR count). The van der Waals surface area contributed by atoms with Gasteiger partial charge >= 0.3 is 5.97 Å². The molecule has 3 fully saturated rings. The molecule has 0 aliphatic heterocycles. The molecule has 0 radical (unpaired) electrons. The summed E-state index contributed by atoms with van der Waals surface area (Å²) in [5.74, 6) is -0.376. The van der Waals surface area contributed by atoms with Crippen LogP contribution in [-0.4, -0.2) is 51.8 Å². The number of Topliss-reactive ketones (excluding diaryl/α,β-unsaturated/α-hetero) is 1. The third-order valence-electron chi connectivity index (χ3n) is 10.9. The van der Waals surface area contributed by atoms with E-state index in [1.165, 1.54) is 5.57 Å². The molecule has 8 heteroatoms. The van der Waals surface area contributed by atoms with Crippen LogP contribution in [0.25, 0.3) is 0 Å². The molecule has 1 amide bonds. The zero-order chi connectivity index (χ0) is 27.2. The Bertz CT molecular complexity index is 1010. The molecule has 0 unspecified atom stereocenters. The van der Waals surface area contributed by atoms with Gasteiger partial charge in [-0.25, -0.2) is 4.79 Å². The van der Waals surface area contributed by atoms with Crippen molar-refractivity contribution in [3.05, 3.63) is 11.6 Å². The minimum Gasteiger partial charge on any atom is -0.480 e. The van der Waals surface area contributed by atoms with E-state index >= 15 is 0 Å². The number of carboxylic acid groups (broad SMARTS) is 1. The number of amides is 1. The Morgan fingerprint density at radius 2 is 1.84 bits per heavy atom. The normalized spacial score (nSPS) is 39.5. The summed E-state index contributed by atoms with van der Waals surface area (Å²) in [5, 5.41) is 27.5. The highest BCUT2D eigenvalue weighted by Crippen LogP contribution is 2.67. The lowest BCUT2D eigenvalue weighted by Gasteiger charge is -2.59. The SMILES string of the molecule is CC[C@H](C)[C@H](NC(=O)CO/N=C1\C=C2CC[C@@H]3[C@H](CC[C@@]4(C)[C@H]3CC[C@]4(O)C(C)=O)[C@@]2(C)CC1)C(=O)O. The molecular weight excluding hydrogens is 472 g/mol. The highest BCUT2D eigenvalue weighted by molar-refractivity contribution is 5.96. The van der Waals surface area contributed by atoms with Crippen LogP contribution >= 0.6 is 0 Å². The van der Waals surface area contributed by atoms with E-state index in [1.54, 1.807) is 13.8 Å². The molecule has 0 heterocycles. The molecule has 0 saturated heterocycles. The van der Waals surface area contributed by atoms with Gasteiger partial charge in [0.15, 0.2) is 12.4 Å². The quantitative estimate of drug-likeness (QED) is 0.414. The molecule has 37 heavy (non-hydrogen) atoms. The second kappa shape index (κ2) is 10.2. The van der Waals surface area contributed by atoms with Gasteiger partial charge < -0.3 is 20.4 Å². The van der Waals surface area contributed by atoms with E-state index < -0.39 is 23.5 Å². The highest BCUT2D eigenvalue weighted by atomic mass is 16.6. The maximum absolute atomic E-state index is 12.4. The molecular formula is C29H44N2O6. The first-order valence-electron chi connectivity index (χ1n) is 14.0. The number of nitrogens with one attached hydrogen (secondary N) is 1. The van der Waals surface area contributed by atoms with Crippen molar-refractivity contribution < 1.29 is 29.4 Å². The fourth-order valence-electron chi connectivity index (χ4n) is 8.31. The average Bonchev–Trinajstić information content (AvgIpc) is 3.14. The number of carbonyl (C=O) groups is 3. The molecule has 0 bridgehead atoms. The summed E-state index contributed by atoms with van der Waals surface area (Å²) in [6, 6.07) is -0.940. The Balaban J connectivity index is 1.41. The highest BCUT2D eigenvalue weighted by Gasteiger charge is 2.65. The van der Waals surface area contributed by atoms with E-state index in [2.05, 4.69) is 30.4 Å². The standard InChI is InChI=1S/C29H44N2O6/c1-6-17(2)25(26(34)35)30-24(33)16-37-31-20-9-12-27(4)19(15-20)7-8-21-22(27)10-13-28(5)23(21)11-14-29(28,36)18(3)32/h15,17,21-23,25,36H,6-14,16H2,1-5H3,(H,30,33)(H,34,35)/b31-20-/t17-,21+,22-,23-,25-,27-,28-,29-/m0/s1. The number of carbonyl (C=O) groups excluding carboxylic acids is 2. The maximum atomic E-state index is 12.4. The molecule has 0 aromatic heterocycles. The first kappa shape index (κ1) is 27.8. The van der Waals surface area contributed by atoms with Gasteiger partial charge in [0.05, 0.1) is 5.71 Å². The lowest BCUT2D eigenvalue weighted by molar-refractivity contribution is -0.159. The third kappa shape index (κ3) is 4.64. The first-order valence-corrected chi connectivity index (χ1v) is 14.0. The van der Waals surface area contributed by atoms with Crippen LogP contribution in [0.5, 0.6) is 0 Å². The van der Waals surface area contributed by atoms with E-state index in [9.17, 15) is 24.6 Å². The summed E-state index contributed by atoms with van der Waals surface area (Å²) in [4.78, 5) is 41.5. The number of aliphatic carboxylic acids is 1. The Kier molecular flexibility index (Phi) is 7.63. The van der Waals surface area contributed by atoms with E-state index in [0.29, 0.717) is 30.6 Å². The van der Waals surface area contributed by atoms with Crippen LogP contribution in [0.4, 0.5) is 0 Å². The number of carboxylic acids is 1. The van der Waals surface area contributed by atoms with Crippen molar-refractivity contribution in [1.29, 1.82) is 0 Å². The predicted octanol–water partition coefficient (Wildman–Crippen LogP) is 4.26. The van der Waals surface area contributed by atoms with Gasteiger partial charge in [-0.2, -0.15) is 0 Å². The zero-order valence-electron chi connectivity index (χ0n) is 23.0. The summed E-state index contributed by atoms with van der Waals surface area (Å²) < 4.78 is 0. The Hall–Kier alpha value is -2.22. The first-order chi connectivity index (χ1) is 17.4. The van der Waals surface area contributed by atoms with Crippen molar-refractivity contribution in [2.75, 3.05) is 6.61 Å². The van der Waals surface area contributed by atoms with E-state index in [-0.39, 0.29) is 29.1 Å². The minimum atomic E-state index is -1.19. The molecule has 3 N–H and O–H groups in total. The second-order valence-corrected chi connectivity index (χ2v) is 12.5. The van der Waals surface area contributed by atoms with Gasteiger partial charge in [0, 0.05) is 5.41 Å². The van der Waals surface area contributed by atoms with Crippen molar-refractivity contribution in [1.82, 2.24) is 5.32 Å². The summed E-state index contributed by atoms with van der Waals surface area (Å²) in [7, 11) is 0. The summed E-state index contributed by atoms with van der Waals surface area (Å²) in [6.07, 6.45) is 9.94. The maximum Gasteiger partial charge on any atom is 0.326 e. The number of hydrogen-bond donors (Lipinski definition) is 3. The van der Waals surface area contributed by atoms with Gasteiger partial charge in [-0.1, -0.05) is 44.8 Å². The lowest BCUT2D eigenvalue weighted by atomic mass is 9.46. The number of nitrogens with zero attached hydrogens (tertiary/aromatic N) is 1. The van der Waals surface area contributed by atoms with Crippen LogP contribution in [0.3, 0.4) is 0 Å². The summed E-state index contributed by atoms with van der Waals surface area (Å²) >= 11 is 0. The van der Waals surface area contributed by atoms with Gasteiger partial charge in [-0.3, -0.25) is 9.59 Å². The van der Waals surface area contributed by atoms with E-state index in [1.807, 2.05) is 6.92 Å². The largest absolute Gasteiger partial charge is 0.480 e. The van der Waals surface area contributed by atoms with Crippen molar-refractivity contribution in [3.8, 4) is 0 Å². The fourth-order valence-corrected chi connectivity index (χ4v) is 8.31. The Labute approximate surface area is 220 Å². The van der Waals surface area contributed by atoms with Crippen LogP contribution in [0.1, 0.15) is 92.4 Å². The van der Waals surface area contributed by atoms with E-state index in [4.69, 9.17) is 4.84 Å². The van der Waals surface area contributed by atoms with Crippen molar-refractivity contribution in [2.24, 2.45) is 39.7 Å². The molecule has 0 spiro atoms. The number of aliphatic hydroxyl groups is 1. The van der Waals surface area contributed by atoms with Crippen molar-refractivity contribution >= 4 is 23.4 Å². The Morgan fingerprint density at radius 3 is 2.49 bits per heavy atom. The van der Waals surface area contributed by atoms with Crippen LogP contribution in [-0.2, 0) is 19.2 Å². The summed E-state index contributed by atoms with van der Waals surface area (Å²) in [6.45, 7) is 9.44. The molecule has 4 aliphatic carbocycles. The summed E-state index contributed by atoms with van der Waals surface area (Å²) in [5.41, 5.74) is 0.764. The van der Waals surface area contributed by atoms with Gasteiger partial charge in [-0.15, -0.1) is 0 Å². The molecule has 3 saturated carbocycles.